The summed E-state index contributed by atoms with van der Waals surface area (Å²) < 4.78 is 16.0. The van der Waals surface area contributed by atoms with Gasteiger partial charge in [-0.05, 0) is 49.2 Å². The minimum atomic E-state index is -2.32. The molecule has 2 N–H and O–H groups in total. The minimum absolute atomic E-state index is 0.115. The zero-order valence-corrected chi connectivity index (χ0v) is 33.1. The van der Waals surface area contributed by atoms with E-state index in [0.717, 1.165) is 62.8 Å². The maximum Gasteiger partial charge on any atom is 0.331 e. The van der Waals surface area contributed by atoms with Crippen LogP contribution in [0.3, 0.4) is 0 Å². The molecule has 0 spiro atoms. The van der Waals surface area contributed by atoms with Crippen LogP contribution in [0.2, 0.25) is 18.1 Å². The van der Waals surface area contributed by atoms with Crippen LogP contribution in [0.25, 0.3) is 0 Å². The lowest BCUT2D eigenvalue weighted by Crippen LogP contribution is -2.56. The first-order valence-electron chi connectivity index (χ1n) is 17.9. The average molecular weight is 724 g/mol. The van der Waals surface area contributed by atoms with Crippen LogP contribution >= 0.6 is 11.3 Å². The van der Waals surface area contributed by atoms with E-state index in [-0.39, 0.29) is 23.3 Å². The quantitative estimate of drug-likeness (QED) is 0.0997. The summed E-state index contributed by atoms with van der Waals surface area (Å²) in [7, 11) is -1.15. The molecule has 0 aliphatic heterocycles. The molecule has 1 aliphatic rings. The van der Waals surface area contributed by atoms with Gasteiger partial charge < -0.3 is 24.5 Å². The third-order valence-electron chi connectivity index (χ3n) is 9.78. The standard InChI is InChI=1S/C36H61N3O8SSi/c1-24(2)14-10-11-19-31(41)27-17-12-15-26(16-13-18-27)20-32-37-30(23-48-32)34(43)38-28(22-47-49(8,9)36(4,5)6)33(42)39-29(35(44)45-7)21-46-25(3)40/h23-24,26-29H,10-22H2,1-9H3,(H,38,43)(H,39,42)/t26?,27?,28-,29-/m0/s1. The molecule has 2 amide bonds. The number of carbonyl (C=O) groups excluding carboxylic acids is 5. The number of ether oxygens (including phenoxy) is 2. The Bertz CT molecular complexity index is 1230. The molecule has 0 bridgehead atoms. The lowest BCUT2D eigenvalue weighted by molar-refractivity contribution is -0.151. The van der Waals surface area contributed by atoms with Crippen molar-refractivity contribution in [3.8, 4) is 0 Å². The van der Waals surface area contributed by atoms with Crippen LogP contribution in [0, 0.1) is 17.8 Å². The fourth-order valence-electron chi connectivity index (χ4n) is 5.64. The maximum absolute atomic E-state index is 13.5. The highest BCUT2D eigenvalue weighted by molar-refractivity contribution is 7.09. The zero-order valence-electron chi connectivity index (χ0n) is 31.3. The number of Topliss-reactive ketones (excluding diaryl/α,β-unsaturated/α-hetero) is 1. The number of rotatable bonds is 18. The molecule has 1 saturated carbocycles. The summed E-state index contributed by atoms with van der Waals surface area (Å²) in [5.41, 5.74) is 0.212. The van der Waals surface area contributed by atoms with Crippen LogP contribution in [0.5, 0.6) is 0 Å². The normalized spacial score (nSPS) is 18.5. The predicted molar refractivity (Wildman–Crippen MR) is 194 cm³/mol. The van der Waals surface area contributed by atoms with E-state index in [9.17, 15) is 24.0 Å². The van der Waals surface area contributed by atoms with Gasteiger partial charge in [0.15, 0.2) is 14.4 Å². The van der Waals surface area contributed by atoms with Gasteiger partial charge in [-0.25, -0.2) is 9.78 Å². The van der Waals surface area contributed by atoms with E-state index in [0.29, 0.717) is 24.0 Å². The maximum atomic E-state index is 13.5. The van der Waals surface area contributed by atoms with Crippen LogP contribution in [0.4, 0.5) is 0 Å². The average Bonchev–Trinajstić information content (AvgIpc) is 3.48. The van der Waals surface area contributed by atoms with Crippen LogP contribution in [0.1, 0.15) is 121 Å². The van der Waals surface area contributed by atoms with Gasteiger partial charge in [-0.2, -0.15) is 0 Å². The fourth-order valence-corrected chi connectivity index (χ4v) is 7.55. The molecule has 1 aromatic heterocycles. The van der Waals surface area contributed by atoms with E-state index in [1.54, 1.807) is 5.38 Å². The van der Waals surface area contributed by atoms with Gasteiger partial charge in [-0.1, -0.05) is 73.1 Å². The molecule has 0 aromatic carbocycles. The SMILES string of the molecule is COC(=O)[C@H](COC(C)=O)NC(=O)[C@H](CO[Si](C)(C)C(C)(C)C)NC(=O)c1csc(CC2CCCC(C(=O)CCCCC(C)C)CCC2)n1. The summed E-state index contributed by atoms with van der Waals surface area (Å²) in [5.74, 6) is -0.864. The number of nitrogens with one attached hydrogen (secondary N) is 2. The first-order valence-corrected chi connectivity index (χ1v) is 21.7. The first kappa shape index (κ1) is 42.5. The van der Waals surface area contributed by atoms with Crippen molar-refractivity contribution in [2.45, 2.75) is 142 Å². The van der Waals surface area contributed by atoms with Gasteiger partial charge in [0.05, 0.1) is 18.7 Å². The Morgan fingerprint density at radius 2 is 1.63 bits per heavy atom. The number of methoxy groups -OCH3 is 1. The first-order chi connectivity index (χ1) is 22.9. The van der Waals surface area contributed by atoms with Crippen molar-refractivity contribution >= 4 is 49.2 Å². The minimum Gasteiger partial charge on any atom is -0.467 e. The lowest BCUT2D eigenvalue weighted by atomic mass is 9.82. The number of thiazole rings is 1. The summed E-state index contributed by atoms with van der Waals surface area (Å²) in [4.78, 5) is 68.0. The lowest BCUT2D eigenvalue weighted by Gasteiger charge is -2.37. The number of hydrogen-bond acceptors (Lipinski definition) is 10. The topological polar surface area (TPSA) is 150 Å². The number of esters is 2. The molecule has 2 rings (SSSR count). The highest BCUT2D eigenvalue weighted by Crippen LogP contribution is 2.36. The molecular weight excluding hydrogens is 663 g/mol. The van der Waals surface area contributed by atoms with Gasteiger partial charge in [-0.3, -0.25) is 19.2 Å². The third-order valence-corrected chi connectivity index (χ3v) is 15.2. The Morgan fingerprint density at radius 1 is 0.980 bits per heavy atom. The smallest absolute Gasteiger partial charge is 0.331 e. The molecule has 1 aliphatic carbocycles. The number of aromatic nitrogens is 1. The van der Waals surface area contributed by atoms with Gasteiger partial charge in [0.1, 0.15) is 24.1 Å². The summed E-state index contributed by atoms with van der Waals surface area (Å²) in [5, 5.41) is 7.71. The molecule has 11 nitrogen and oxygen atoms in total. The molecule has 0 radical (unpaired) electrons. The van der Waals surface area contributed by atoms with Crippen molar-refractivity contribution in [3.05, 3.63) is 16.1 Å². The summed E-state index contributed by atoms with van der Waals surface area (Å²) in [6, 6.07) is -2.40. The summed E-state index contributed by atoms with van der Waals surface area (Å²) >= 11 is 1.42. The molecule has 13 heteroatoms. The van der Waals surface area contributed by atoms with E-state index < -0.39 is 50.8 Å². The molecule has 1 fully saturated rings. The van der Waals surface area contributed by atoms with Gasteiger partial charge >= 0.3 is 11.9 Å². The number of carbonyl (C=O) groups is 5. The molecule has 2 atom stereocenters. The third kappa shape index (κ3) is 15.0. The number of ketones is 1. The number of hydrogen-bond donors (Lipinski definition) is 2. The van der Waals surface area contributed by atoms with E-state index in [4.69, 9.17) is 13.9 Å². The van der Waals surface area contributed by atoms with Crippen molar-refractivity contribution in [1.29, 1.82) is 0 Å². The van der Waals surface area contributed by atoms with E-state index in [1.165, 1.54) is 31.8 Å². The Morgan fingerprint density at radius 3 is 2.20 bits per heavy atom. The monoisotopic (exact) mass is 723 g/mol. The highest BCUT2D eigenvalue weighted by Gasteiger charge is 2.39. The van der Waals surface area contributed by atoms with Crippen LogP contribution in [-0.2, 0) is 39.5 Å². The van der Waals surface area contributed by atoms with Crippen molar-refractivity contribution in [3.63, 3.8) is 0 Å². The Balaban J connectivity index is 2.04. The van der Waals surface area contributed by atoms with Crippen LogP contribution < -0.4 is 10.6 Å². The fraction of sp³-hybridized carbons (Fsp3) is 0.778. The zero-order chi connectivity index (χ0) is 36.8. The van der Waals surface area contributed by atoms with Crippen molar-refractivity contribution in [1.82, 2.24) is 15.6 Å². The Hall–Kier alpha value is -2.64. The van der Waals surface area contributed by atoms with Crippen molar-refractivity contribution in [2.75, 3.05) is 20.3 Å². The molecule has 1 aromatic rings. The molecule has 0 saturated heterocycles. The molecular formula is C36H61N3O8SSi. The summed E-state index contributed by atoms with van der Waals surface area (Å²) in [6.07, 6.45) is 10.7. The van der Waals surface area contributed by atoms with Crippen LogP contribution in [0.15, 0.2) is 5.38 Å². The Kier molecular flexibility index (Phi) is 17.6. The predicted octanol–water partition coefficient (Wildman–Crippen LogP) is 6.40. The van der Waals surface area contributed by atoms with Gasteiger partial charge in [-0.15, -0.1) is 11.3 Å². The van der Waals surface area contributed by atoms with Gasteiger partial charge in [0.25, 0.3) is 5.91 Å². The van der Waals surface area contributed by atoms with Crippen molar-refractivity contribution < 1.29 is 37.9 Å². The Labute approximate surface area is 298 Å². The molecule has 1 heterocycles. The second-order valence-corrected chi connectivity index (χ2v) is 21.1. The second-order valence-electron chi connectivity index (χ2n) is 15.3. The highest BCUT2D eigenvalue weighted by atomic mass is 32.1. The number of nitrogens with zero attached hydrogens (tertiary/aromatic N) is 1. The van der Waals surface area contributed by atoms with Gasteiger partial charge in [0, 0.05) is 31.1 Å². The van der Waals surface area contributed by atoms with E-state index in [2.05, 4.69) is 50.2 Å². The molecule has 0 unspecified atom stereocenters. The second kappa shape index (κ2) is 20.3. The van der Waals surface area contributed by atoms with E-state index >= 15 is 0 Å². The number of unbranched alkanes of at least 4 members (excludes halogenated alkanes) is 1. The van der Waals surface area contributed by atoms with E-state index in [1.807, 2.05) is 13.1 Å². The molecule has 278 valence electrons. The number of amides is 2. The van der Waals surface area contributed by atoms with Gasteiger partial charge in [0.2, 0.25) is 5.91 Å². The summed E-state index contributed by atoms with van der Waals surface area (Å²) in [6.45, 7) is 15.4. The molecule has 49 heavy (non-hydrogen) atoms. The van der Waals surface area contributed by atoms with Crippen molar-refractivity contribution in [2.24, 2.45) is 17.8 Å². The van der Waals surface area contributed by atoms with Crippen LogP contribution in [-0.4, -0.2) is 75.2 Å². The largest absolute Gasteiger partial charge is 0.467 e.